The molecule has 0 saturated carbocycles. The largest absolute Gasteiger partial charge is 0.665 e. The van der Waals surface area contributed by atoms with Crippen LogP contribution in [0.25, 0.3) is 11.4 Å². The van der Waals surface area contributed by atoms with E-state index >= 15 is 0 Å². The number of rotatable bonds is 15. The average Bonchev–Trinajstić information content (AvgIpc) is 2.91. The Bertz CT molecular complexity index is 997. The second kappa shape index (κ2) is 21.1. The molecule has 1 radical (unpaired) electrons. The van der Waals surface area contributed by atoms with Crippen LogP contribution in [0.2, 0.25) is 0 Å². The molecule has 1 amide bonds. The minimum atomic E-state index is 0. The number of para-hydroxylation sites is 2. The van der Waals surface area contributed by atoms with E-state index in [-0.39, 0.29) is 18.6 Å². The SMILES string of the molecule is CCCN(C)c1ccccc1N(C=O)CNC.C[N-]CC/C=C/C/C(C=O)=C\c1cccc(N=O)c1.[V]. The second-order valence-electron chi connectivity index (χ2n) is 8.02. The van der Waals surface area contributed by atoms with Gasteiger partial charge in [-0.3, -0.25) is 14.5 Å². The van der Waals surface area contributed by atoms with E-state index in [1.807, 2.05) is 56.6 Å². The molecular formula is C28H38N5O3V-. The zero-order valence-electron chi connectivity index (χ0n) is 22.2. The maximum absolute atomic E-state index is 11.1. The predicted molar refractivity (Wildman–Crippen MR) is 151 cm³/mol. The van der Waals surface area contributed by atoms with Gasteiger partial charge >= 0.3 is 0 Å². The van der Waals surface area contributed by atoms with Gasteiger partial charge in [0, 0.05) is 32.1 Å². The van der Waals surface area contributed by atoms with Crippen molar-refractivity contribution in [3.63, 3.8) is 0 Å². The molecule has 2 rings (SSSR count). The fraction of sp³-hybridized carbons (Fsp3) is 0.357. The molecule has 0 aromatic heterocycles. The van der Waals surface area contributed by atoms with Gasteiger partial charge in [0.1, 0.15) is 12.0 Å². The maximum Gasteiger partial charge on any atom is 0.215 e. The van der Waals surface area contributed by atoms with Crippen molar-refractivity contribution in [2.75, 3.05) is 50.7 Å². The van der Waals surface area contributed by atoms with Crippen LogP contribution in [0.1, 0.15) is 31.7 Å². The van der Waals surface area contributed by atoms with Crippen LogP contribution in [-0.4, -0.2) is 53.6 Å². The van der Waals surface area contributed by atoms with Crippen LogP contribution < -0.4 is 15.1 Å². The normalized spacial score (nSPS) is 10.6. The number of nitrogens with zero attached hydrogens (tertiary/aromatic N) is 4. The third-order valence-electron chi connectivity index (χ3n) is 5.14. The molecule has 9 heteroatoms. The fourth-order valence-electron chi connectivity index (χ4n) is 3.40. The van der Waals surface area contributed by atoms with Crippen LogP contribution in [0.4, 0.5) is 17.1 Å². The zero-order chi connectivity index (χ0) is 26.6. The van der Waals surface area contributed by atoms with Crippen molar-refractivity contribution >= 4 is 35.8 Å². The molecule has 0 atom stereocenters. The molecule has 0 bridgehead atoms. The number of aldehydes is 1. The molecule has 0 aliphatic carbocycles. The number of benzene rings is 2. The molecule has 2 aromatic carbocycles. The van der Waals surface area contributed by atoms with Crippen LogP contribution in [0.3, 0.4) is 0 Å². The van der Waals surface area contributed by atoms with Gasteiger partial charge < -0.3 is 15.5 Å². The van der Waals surface area contributed by atoms with Gasteiger partial charge in [0.25, 0.3) is 0 Å². The van der Waals surface area contributed by atoms with Gasteiger partial charge in [0.05, 0.1) is 18.0 Å². The Morgan fingerprint density at radius 1 is 1.08 bits per heavy atom. The number of hydrogen-bond donors (Lipinski definition) is 1. The Kier molecular flexibility index (Phi) is 19.4. The van der Waals surface area contributed by atoms with Crippen LogP contribution in [0.15, 0.2) is 71.4 Å². The Labute approximate surface area is 233 Å². The van der Waals surface area contributed by atoms with E-state index < -0.39 is 0 Å². The summed E-state index contributed by atoms with van der Waals surface area (Å²) >= 11 is 0. The first-order valence-electron chi connectivity index (χ1n) is 12.0. The molecular weight excluding hydrogens is 505 g/mol. The summed E-state index contributed by atoms with van der Waals surface area (Å²) in [5.74, 6) is 0. The number of anilines is 2. The van der Waals surface area contributed by atoms with E-state index in [0.29, 0.717) is 24.4 Å². The maximum atomic E-state index is 11.1. The smallest absolute Gasteiger partial charge is 0.215 e. The van der Waals surface area contributed by atoms with Crippen molar-refractivity contribution in [2.45, 2.75) is 26.2 Å². The molecule has 0 aliphatic rings. The number of hydrogen-bond acceptors (Lipinski definition) is 6. The summed E-state index contributed by atoms with van der Waals surface area (Å²) < 4.78 is 0. The van der Waals surface area contributed by atoms with Crippen LogP contribution in [-0.2, 0) is 28.1 Å². The van der Waals surface area contributed by atoms with Crippen molar-refractivity contribution in [3.05, 3.63) is 82.0 Å². The van der Waals surface area contributed by atoms with Crippen molar-refractivity contribution in [3.8, 4) is 0 Å². The molecule has 0 unspecified atom stereocenters. The molecule has 1 N–H and O–H groups in total. The monoisotopic (exact) mass is 543 g/mol. The number of carbonyl (C=O) groups is 2. The Morgan fingerprint density at radius 2 is 1.81 bits per heavy atom. The van der Waals surface area contributed by atoms with Crippen molar-refractivity contribution in [1.82, 2.24) is 5.32 Å². The van der Waals surface area contributed by atoms with Gasteiger partial charge in [-0.25, -0.2) is 0 Å². The van der Waals surface area contributed by atoms with Gasteiger partial charge in [-0.15, -0.1) is 11.5 Å². The summed E-state index contributed by atoms with van der Waals surface area (Å²) in [6.07, 6.45) is 9.94. The minimum absolute atomic E-state index is 0. The molecule has 199 valence electrons. The molecule has 0 spiro atoms. The van der Waals surface area contributed by atoms with E-state index in [9.17, 15) is 14.5 Å². The quantitative estimate of drug-likeness (QED) is 0.0779. The van der Waals surface area contributed by atoms with Gasteiger partial charge in [-0.05, 0) is 66.5 Å². The Hall–Kier alpha value is -3.04. The summed E-state index contributed by atoms with van der Waals surface area (Å²) in [5.41, 5.74) is 3.84. The van der Waals surface area contributed by atoms with Crippen molar-refractivity contribution in [1.29, 1.82) is 0 Å². The second-order valence-corrected chi connectivity index (χ2v) is 8.02. The summed E-state index contributed by atoms with van der Waals surface area (Å²) in [4.78, 5) is 36.3. The summed E-state index contributed by atoms with van der Waals surface area (Å²) in [6, 6.07) is 14.8. The standard InChI is InChI=1S/C15H17N2O2.C13H21N3O.V/c1-16-9-4-2-3-6-14(12-18)10-13-7-5-8-15(11-13)17-19;1-4-9-15(3)12-7-5-6-8-13(12)16(11-17)10-14-2;/h2-3,5,7-8,10-12H,4,6,9H2,1H3;5-8,11,14H,4,9-10H2,1-3H3;/q-1;;/b3-2+,14-10+;;. The van der Waals surface area contributed by atoms with Gasteiger partial charge in [0.2, 0.25) is 6.41 Å². The van der Waals surface area contributed by atoms with E-state index in [1.54, 1.807) is 36.2 Å². The Balaban J connectivity index is 0.000000686. The van der Waals surface area contributed by atoms with Crippen molar-refractivity contribution < 1.29 is 28.1 Å². The summed E-state index contributed by atoms with van der Waals surface area (Å²) in [5, 5.41) is 9.84. The molecule has 0 aliphatic heterocycles. The zero-order valence-corrected chi connectivity index (χ0v) is 23.6. The number of nitrogens with one attached hydrogen (secondary N) is 1. The third-order valence-corrected chi connectivity index (χ3v) is 5.14. The number of nitroso groups, excluding NO2 is 1. The van der Waals surface area contributed by atoms with E-state index in [4.69, 9.17) is 0 Å². The predicted octanol–water partition coefficient (Wildman–Crippen LogP) is 5.68. The van der Waals surface area contributed by atoms with Gasteiger partial charge in [-0.2, -0.15) is 7.05 Å². The van der Waals surface area contributed by atoms with E-state index in [0.717, 1.165) is 55.6 Å². The first-order chi connectivity index (χ1) is 17.5. The molecule has 2 aromatic rings. The number of amides is 1. The molecule has 37 heavy (non-hydrogen) atoms. The van der Waals surface area contributed by atoms with Crippen LogP contribution >= 0.6 is 0 Å². The van der Waals surface area contributed by atoms with Crippen LogP contribution in [0, 0.1) is 4.91 Å². The third kappa shape index (κ3) is 13.2. The molecule has 0 fully saturated rings. The van der Waals surface area contributed by atoms with Crippen molar-refractivity contribution in [2.24, 2.45) is 5.18 Å². The fourth-order valence-corrected chi connectivity index (χ4v) is 3.40. The Morgan fingerprint density at radius 3 is 2.41 bits per heavy atom. The topological polar surface area (TPSA) is 96.2 Å². The van der Waals surface area contributed by atoms with Crippen LogP contribution in [0.5, 0.6) is 0 Å². The minimum Gasteiger partial charge on any atom is -0.665 e. The van der Waals surface area contributed by atoms with E-state index in [2.05, 4.69) is 27.6 Å². The summed E-state index contributed by atoms with van der Waals surface area (Å²) in [7, 11) is 5.65. The summed E-state index contributed by atoms with van der Waals surface area (Å²) in [6.45, 7) is 4.43. The molecule has 0 saturated heterocycles. The van der Waals surface area contributed by atoms with Gasteiger partial charge in [-0.1, -0.05) is 49.8 Å². The first kappa shape index (κ1) is 34.0. The molecule has 8 nitrogen and oxygen atoms in total. The number of allylic oxidation sites excluding steroid dienone is 2. The first-order valence-corrected chi connectivity index (χ1v) is 12.0. The van der Waals surface area contributed by atoms with E-state index in [1.165, 1.54) is 0 Å². The number of carbonyl (C=O) groups excluding carboxylic acids is 2. The molecule has 0 heterocycles. The van der Waals surface area contributed by atoms with Gasteiger partial charge in [0.15, 0.2) is 0 Å². The average molecular weight is 544 g/mol.